The van der Waals surface area contributed by atoms with Gasteiger partial charge < -0.3 is 10.2 Å². The summed E-state index contributed by atoms with van der Waals surface area (Å²) < 4.78 is 5.06. The molecule has 2 aromatic heterocycles. The quantitative estimate of drug-likeness (QED) is 0.765. The van der Waals surface area contributed by atoms with Gasteiger partial charge in [0.15, 0.2) is 5.22 Å². The third kappa shape index (κ3) is 1.88. The first-order chi connectivity index (χ1) is 8.75. The zero-order chi connectivity index (χ0) is 12.5. The topological polar surface area (TPSA) is 52.0 Å². The molecule has 0 spiro atoms. The van der Waals surface area contributed by atoms with Crippen molar-refractivity contribution in [1.82, 2.24) is 4.98 Å². The van der Waals surface area contributed by atoms with E-state index >= 15 is 0 Å². The van der Waals surface area contributed by atoms with E-state index in [2.05, 4.69) is 4.98 Å². The fourth-order valence-electron chi connectivity index (χ4n) is 1.98. The second-order valence-electron chi connectivity index (χ2n) is 4.08. The van der Waals surface area contributed by atoms with Crippen LogP contribution in [0.2, 0.25) is 5.22 Å². The van der Waals surface area contributed by atoms with Crippen LogP contribution in [0.3, 0.4) is 0 Å². The Labute approximate surface area is 109 Å². The lowest BCUT2D eigenvalue weighted by Gasteiger charge is -2.11. The second kappa shape index (κ2) is 4.44. The lowest BCUT2D eigenvalue weighted by atomic mass is 10.0. The smallest absolute Gasteiger partial charge is 0.198 e. The van der Waals surface area contributed by atoms with Crippen LogP contribution in [-0.4, -0.2) is 4.98 Å². The van der Waals surface area contributed by atoms with Gasteiger partial charge in [0, 0.05) is 17.1 Å². The fraction of sp³-hybridized carbons (Fsp3) is 0.0714. The molecule has 3 rings (SSSR count). The predicted molar refractivity (Wildman–Crippen MR) is 71.5 cm³/mol. The highest BCUT2D eigenvalue weighted by Crippen LogP contribution is 2.28. The molecular weight excluding hydrogens is 248 g/mol. The summed E-state index contributed by atoms with van der Waals surface area (Å²) in [4.78, 5) is 4.32. The van der Waals surface area contributed by atoms with E-state index in [-0.39, 0.29) is 6.04 Å². The summed E-state index contributed by atoms with van der Waals surface area (Å²) >= 11 is 5.94. The molecule has 0 radical (unpaired) electrons. The van der Waals surface area contributed by atoms with Gasteiger partial charge in [-0.25, -0.2) is 0 Å². The fourth-order valence-corrected chi connectivity index (χ4v) is 2.22. The number of benzene rings is 1. The van der Waals surface area contributed by atoms with Crippen LogP contribution < -0.4 is 5.73 Å². The van der Waals surface area contributed by atoms with Crippen LogP contribution in [0, 0.1) is 0 Å². The van der Waals surface area contributed by atoms with Crippen LogP contribution in [0.1, 0.15) is 17.2 Å². The van der Waals surface area contributed by atoms with Crippen LogP contribution in [0.5, 0.6) is 0 Å². The first-order valence-electron chi connectivity index (χ1n) is 5.59. The van der Waals surface area contributed by atoms with Crippen molar-refractivity contribution in [3.63, 3.8) is 0 Å². The van der Waals surface area contributed by atoms with Gasteiger partial charge in [0.1, 0.15) is 0 Å². The van der Waals surface area contributed by atoms with Gasteiger partial charge in [-0.3, -0.25) is 4.98 Å². The van der Waals surface area contributed by atoms with Crippen LogP contribution in [0.15, 0.2) is 53.3 Å². The molecule has 0 aliphatic heterocycles. The number of furan rings is 1. The number of fused-ring (bicyclic) bond motifs is 1. The molecular formula is C14H11ClN2O. The van der Waals surface area contributed by atoms with Gasteiger partial charge >= 0.3 is 0 Å². The van der Waals surface area contributed by atoms with Gasteiger partial charge in [-0.1, -0.05) is 18.2 Å². The highest BCUT2D eigenvalue weighted by atomic mass is 35.5. The number of aromatic nitrogens is 1. The summed E-state index contributed by atoms with van der Waals surface area (Å²) in [6.45, 7) is 0. The van der Waals surface area contributed by atoms with Crippen molar-refractivity contribution in [2.75, 3.05) is 0 Å². The van der Waals surface area contributed by atoms with E-state index in [0.29, 0.717) is 5.22 Å². The molecule has 3 aromatic rings. The van der Waals surface area contributed by atoms with Gasteiger partial charge in [0.25, 0.3) is 0 Å². The van der Waals surface area contributed by atoms with E-state index in [0.717, 1.165) is 22.0 Å². The molecule has 0 fully saturated rings. The first-order valence-corrected chi connectivity index (χ1v) is 5.96. The molecule has 0 aliphatic rings. The molecule has 3 nitrogen and oxygen atoms in total. The number of hydrogen-bond acceptors (Lipinski definition) is 3. The zero-order valence-corrected chi connectivity index (χ0v) is 10.3. The Bertz CT molecular complexity index is 693. The summed E-state index contributed by atoms with van der Waals surface area (Å²) in [7, 11) is 0. The highest BCUT2D eigenvalue weighted by Gasteiger charge is 2.15. The van der Waals surface area contributed by atoms with Crippen LogP contribution in [-0.2, 0) is 0 Å². The molecule has 0 saturated heterocycles. The Morgan fingerprint density at radius 1 is 1.22 bits per heavy atom. The van der Waals surface area contributed by atoms with Crippen molar-refractivity contribution < 1.29 is 4.42 Å². The molecule has 0 amide bonds. The summed E-state index contributed by atoms with van der Waals surface area (Å²) in [5.74, 6) is 0. The number of halogens is 1. The minimum absolute atomic E-state index is 0.303. The van der Waals surface area contributed by atoms with Crippen LogP contribution >= 0.6 is 11.6 Å². The predicted octanol–water partition coefficient (Wildman–Crippen LogP) is 3.53. The molecule has 0 saturated carbocycles. The molecule has 2 N–H and O–H groups in total. The Kier molecular flexibility index (Phi) is 2.78. The minimum Gasteiger partial charge on any atom is -0.453 e. The van der Waals surface area contributed by atoms with E-state index in [9.17, 15) is 0 Å². The Morgan fingerprint density at radius 3 is 2.89 bits per heavy atom. The summed E-state index contributed by atoms with van der Waals surface area (Å²) in [6, 6.07) is 11.4. The molecule has 90 valence electrons. The maximum atomic E-state index is 6.18. The molecule has 0 bridgehead atoms. The Balaban J connectivity index is 2.07. The standard InChI is InChI=1S/C14H11ClN2O/c15-14-11(5-7-18-14)13(16)10-4-3-9-2-1-6-17-12(9)8-10/h1-8,13H,16H2. The van der Waals surface area contributed by atoms with Gasteiger partial charge in [0.05, 0.1) is 17.8 Å². The van der Waals surface area contributed by atoms with Gasteiger partial charge in [-0.05, 0) is 35.4 Å². The second-order valence-corrected chi connectivity index (χ2v) is 4.43. The normalized spacial score (nSPS) is 12.8. The third-order valence-corrected chi connectivity index (χ3v) is 3.28. The number of pyridine rings is 1. The van der Waals surface area contributed by atoms with Crippen molar-refractivity contribution >= 4 is 22.5 Å². The van der Waals surface area contributed by atoms with E-state index in [1.165, 1.54) is 6.26 Å². The molecule has 1 aromatic carbocycles. The maximum Gasteiger partial charge on any atom is 0.198 e. The van der Waals surface area contributed by atoms with Crippen molar-refractivity contribution in [2.45, 2.75) is 6.04 Å². The SMILES string of the molecule is NC(c1ccc2cccnc2c1)c1ccoc1Cl. The summed E-state index contributed by atoms with van der Waals surface area (Å²) in [5, 5.41) is 1.43. The molecule has 2 heterocycles. The highest BCUT2D eigenvalue weighted by molar-refractivity contribution is 6.29. The first kappa shape index (κ1) is 11.3. The molecule has 1 atom stereocenters. The molecule has 0 aliphatic carbocycles. The Hall–Kier alpha value is -1.84. The molecule has 4 heteroatoms. The molecule has 1 unspecified atom stereocenters. The van der Waals surface area contributed by atoms with Crippen LogP contribution in [0.4, 0.5) is 0 Å². The summed E-state index contributed by atoms with van der Waals surface area (Å²) in [5.41, 5.74) is 8.85. The summed E-state index contributed by atoms with van der Waals surface area (Å²) in [6.07, 6.45) is 3.30. The lowest BCUT2D eigenvalue weighted by molar-refractivity contribution is 0.564. The lowest BCUT2D eigenvalue weighted by Crippen LogP contribution is -2.11. The van der Waals surface area contributed by atoms with Gasteiger partial charge in [-0.15, -0.1) is 0 Å². The van der Waals surface area contributed by atoms with Gasteiger partial charge in [-0.2, -0.15) is 0 Å². The van der Waals surface area contributed by atoms with E-state index in [4.69, 9.17) is 21.8 Å². The Morgan fingerprint density at radius 2 is 2.11 bits per heavy atom. The number of rotatable bonds is 2. The third-order valence-electron chi connectivity index (χ3n) is 2.97. The zero-order valence-electron chi connectivity index (χ0n) is 9.51. The average molecular weight is 259 g/mol. The van der Waals surface area contributed by atoms with Gasteiger partial charge in [0.2, 0.25) is 0 Å². The number of nitrogens with zero attached hydrogens (tertiary/aromatic N) is 1. The van der Waals surface area contributed by atoms with Crippen molar-refractivity contribution in [3.8, 4) is 0 Å². The largest absolute Gasteiger partial charge is 0.453 e. The van der Waals surface area contributed by atoms with Crippen molar-refractivity contribution in [3.05, 3.63) is 65.2 Å². The van der Waals surface area contributed by atoms with Crippen molar-refractivity contribution in [2.24, 2.45) is 5.73 Å². The van der Waals surface area contributed by atoms with E-state index < -0.39 is 0 Å². The molecule has 18 heavy (non-hydrogen) atoms. The minimum atomic E-state index is -0.303. The van der Waals surface area contributed by atoms with E-state index in [1.54, 1.807) is 12.3 Å². The van der Waals surface area contributed by atoms with Crippen LogP contribution in [0.25, 0.3) is 10.9 Å². The maximum absolute atomic E-state index is 6.18. The average Bonchev–Trinajstić information content (AvgIpc) is 2.83. The van der Waals surface area contributed by atoms with Crippen molar-refractivity contribution in [1.29, 1.82) is 0 Å². The number of nitrogens with two attached hydrogens (primary N) is 1. The monoisotopic (exact) mass is 258 g/mol. The number of hydrogen-bond donors (Lipinski definition) is 1. The van der Waals surface area contributed by atoms with E-state index in [1.807, 2.05) is 30.3 Å².